The van der Waals surface area contributed by atoms with Gasteiger partial charge >= 0.3 is 0 Å². The van der Waals surface area contributed by atoms with E-state index in [9.17, 15) is 14.0 Å². The summed E-state index contributed by atoms with van der Waals surface area (Å²) in [6.07, 6.45) is 3.80. The summed E-state index contributed by atoms with van der Waals surface area (Å²) in [4.78, 5) is 26.5. The first-order valence-electron chi connectivity index (χ1n) is 8.56. The van der Waals surface area contributed by atoms with Crippen molar-refractivity contribution in [3.05, 3.63) is 39.8 Å². The minimum atomic E-state index is -0.732. The Kier molecular flexibility index (Phi) is 5.24. The fraction of sp³-hybridized carbons (Fsp3) is 0.300. The highest BCUT2D eigenvalue weighted by molar-refractivity contribution is 6.37. The molecule has 0 saturated carbocycles. The Morgan fingerprint density at radius 1 is 1.44 bits per heavy atom. The van der Waals surface area contributed by atoms with Crippen molar-refractivity contribution in [3.8, 4) is 11.8 Å². The van der Waals surface area contributed by atoms with Crippen LogP contribution >= 0.6 is 11.6 Å². The first kappa shape index (κ1) is 19.0. The smallest absolute Gasteiger partial charge is 0.296 e. The van der Waals surface area contributed by atoms with Crippen LogP contribution in [0.1, 0.15) is 47.8 Å². The zero-order chi connectivity index (χ0) is 19.7. The lowest BCUT2D eigenvalue weighted by molar-refractivity contribution is -0.116. The molecule has 1 heterocycles. The Morgan fingerprint density at radius 3 is 2.85 bits per heavy atom. The molecular formula is C20H19ClFN3O2. The van der Waals surface area contributed by atoms with E-state index in [0.717, 1.165) is 18.1 Å². The third-order valence-corrected chi connectivity index (χ3v) is 5.15. The summed E-state index contributed by atoms with van der Waals surface area (Å²) in [5.74, 6) is 3.36. The second kappa shape index (κ2) is 7.45. The number of primary amides is 1. The predicted molar refractivity (Wildman–Crippen MR) is 104 cm³/mol. The number of fused-ring (bicyclic) bond motifs is 1. The Bertz CT molecular complexity index is 1040. The van der Waals surface area contributed by atoms with Crippen molar-refractivity contribution in [3.63, 3.8) is 0 Å². The van der Waals surface area contributed by atoms with Crippen molar-refractivity contribution in [2.24, 2.45) is 5.73 Å². The second-order valence-corrected chi connectivity index (χ2v) is 6.89. The highest BCUT2D eigenvalue weighted by Gasteiger charge is 2.26. The minimum Gasteiger partial charge on any atom is -0.366 e. The van der Waals surface area contributed by atoms with E-state index in [4.69, 9.17) is 17.3 Å². The first-order valence-corrected chi connectivity index (χ1v) is 8.94. The van der Waals surface area contributed by atoms with Gasteiger partial charge < -0.3 is 16.0 Å². The summed E-state index contributed by atoms with van der Waals surface area (Å²) in [6, 6.07) is 0.986. The van der Waals surface area contributed by atoms with Crippen molar-refractivity contribution in [1.29, 1.82) is 0 Å². The molecule has 1 unspecified atom stereocenters. The van der Waals surface area contributed by atoms with Gasteiger partial charge in [-0.1, -0.05) is 23.6 Å². The summed E-state index contributed by atoms with van der Waals surface area (Å²) < 4.78 is 15.0. The third kappa shape index (κ3) is 3.56. The van der Waals surface area contributed by atoms with Crippen molar-refractivity contribution in [2.75, 3.05) is 0 Å². The lowest BCUT2D eigenvalue weighted by Gasteiger charge is -2.24. The first-order chi connectivity index (χ1) is 12.8. The molecule has 3 rings (SSSR count). The summed E-state index contributed by atoms with van der Waals surface area (Å²) in [5, 5.41) is 3.64. The number of rotatable bonds is 3. The van der Waals surface area contributed by atoms with Crippen LogP contribution in [0, 0.1) is 24.6 Å². The molecule has 1 atom stereocenters. The Balaban J connectivity index is 2.09. The van der Waals surface area contributed by atoms with E-state index in [2.05, 4.69) is 22.1 Å². The zero-order valence-corrected chi connectivity index (χ0v) is 15.8. The van der Waals surface area contributed by atoms with Crippen LogP contribution in [0.3, 0.4) is 0 Å². The third-order valence-electron chi connectivity index (χ3n) is 4.67. The molecule has 1 aliphatic carbocycles. The summed E-state index contributed by atoms with van der Waals surface area (Å²) in [6.45, 7) is 3.34. The van der Waals surface area contributed by atoms with Crippen LogP contribution in [0.4, 0.5) is 4.39 Å². The number of H-pyrrole nitrogens is 1. The SMILES string of the molecule is CC#CC(=O)NC1CCC=C(c2c(F)cc(C(N)=O)c3[nH]c(C)c(Cl)c23)C1. The number of amides is 2. The molecule has 1 aliphatic rings. The number of carbonyl (C=O) groups is 2. The monoisotopic (exact) mass is 387 g/mol. The lowest BCUT2D eigenvalue weighted by Crippen LogP contribution is -2.35. The van der Waals surface area contributed by atoms with Crippen LogP contribution in [-0.2, 0) is 4.79 Å². The standard InChI is InChI=1S/C20H19ClFN3O2/c1-3-5-15(26)25-12-7-4-6-11(8-12)16-14(22)9-13(20(23)27)19-17(16)18(21)10(2)24-19/h6,9,12,24H,4,7-8H2,1-2H3,(H2,23,27)(H,25,26). The van der Waals surface area contributed by atoms with E-state index in [1.54, 1.807) is 13.8 Å². The number of hydrogen-bond acceptors (Lipinski definition) is 2. The molecule has 0 aliphatic heterocycles. The minimum absolute atomic E-state index is 0.0562. The molecule has 0 fully saturated rings. The number of aromatic nitrogens is 1. The van der Waals surface area contributed by atoms with E-state index in [0.29, 0.717) is 40.0 Å². The van der Waals surface area contributed by atoms with Gasteiger partial charge in [0.2, 0.25) is 0 Å². The van der Waals surface area contributed by atoms with Gasteiger partial charge in [0.15, 0.2) is 0 Å². The van der Waals surface area contributed by atoms with Gasteiger partial charge in [0.25, 0.3) is 11.8 Å². The number of benzene rings is 1. The number of aromatic amines is 1. The quantitative estimate of drug-likeness (QED) is 0.704. The molecule has 4 N–H and O–H groups in total. The molecule has 1 aromatic carbocycles. The maximum absolute atomic E-state index is 15.0. The molecule has 1 aromatic heterocycles. The van der Waals surface area contributed by atoms with Crippen molar-refractivity contribution in [1.82, 2.24) is 10.3 Å². The number of nitrogens with one attached hydrogen (secondary N) is 2. The Hall–Kier alpha value is -2.78. The number of aryl methyl sites for hydroxylation is 1. The molecule has 0 radical (unpaired) electrons. The second-order valence-electron chi connectivity index (χ2n) is 6.52. The molecule has 5 nitrogen and oxygen atoms in total. The molecule has 27 heavy (non-hydrogen) atoms. The van der Waals surface area contributed by atoms with Crippen LogP contribution in [0.25, 0.3) is 16.5 Å². The van der Waals surface area contributed by atoms with E-state index >= 15 is 0 Å². The van der Waals surface area contributed by atoms with Gasteiger partial charge in [-0.2, -0.15) is 0 Å². The van der Waals surface area contributed by atoms with E-state index < -0.39 is 11.7 Å². The van der Waals surface area contributed by atoms with Crippen molar-refractivity contribution < 1.29 is 14.0 Å². The summed E-state index contributed by atoms with van der Waals surface area (Å²) in [5.41, 5.74) is 7.57. The van der Waals surface area contributed by atoms with Crippen LogP contribution < -0.4 is 11.1 Å². The van der Waals surface area contributed by atoms with E-state index in [1.807, 2.05) is 6.08 Å². The van der Waals surface area contributed by atoms with Gasteiger partial charge in [0.05, 0.1) is 16.1 Å². The van der Waals surface area contributed by atoms with Gasteiger partial charge in [-0.15, -0.1) is 0 Å². The van der Waals surface area contributed by atoms with Gasteiger partial charge in [-0.05, 0) is 50.7 Å². The number of allylic oxidation sites excluding steroid dienone is 1. The summed E-state index contributed by atoms with van der Waals surface area (Å²) >= 11 is 6.41. The molecule has 2 amide bonds. The fourth-order valence-corrected chi connectivity index (χ4v) is 3.75. The fourth-order valence-electron chi connectivity index (χ4n) is 3.51. The van der Waals surface area contributed by atoms with Gasteiger partial charge in [-0.25, -0.2) is 4.39 Å². The van der Waals surface area contributed by atoms with Crippen LogP contribution in [0.15, 0.2) is 12.1 Å². The zero-order valence-electron chi connectivity index (χ0n) is 15.0. The van der Waals surface area contributed by atoms with E-state index in [1.165, 1.54) is 0 Å². The molecular weight excluding hydrogens is 369 g/mol. The number of hydrogen-bond donors (Lipinski definition) is 3. The molecule has 2 aromatic rings. The van der Waals surface area contributed by atoms with Gasteiger partial charge in [0.1, 0.15) is 5.82 Å². The molecule has 7 heteroatoms. The summed E-state index contributed by atoms with van der Waals surface area (Å²) in [7, 11) is 0. The number of halogens is 2. The largest absolute Gasteiger partial charge is 0.366 e. The number of carbonyl (C=O) groups excluding carboxylic acids is 2. The normalized spacial score (nSPS) is 16.4. The molecule has 140 valence electrons. The Labute approximate surface area is 161 Å². The highest BCUT2D eigenvalue weighted by atomic mass is 35.5. The molecule has 0 bridgehead atoms. The van der Waals surface area contributed by atoms with Gasteiger partial charge in [-0.3, -0.25) is 9.59 Å². The molecule has 0 spiro atoms. The van der Waals surface area contributed by atoms with Crippen molar-refractivity contribution in [2.45, 2.75) is 39.2 Å². The topological polar surface area (TPSA) is 88.0 Å². The highest BCUT2D eigenvalue weighted by Crippen LogP contribution is 2.40. The average Bonchev–Trinajstić information content (AvgIpc) is 2.90. The van der Waals surface area contributed by atoms with Crippen LogP contribution in [0.5, 0.6) is 0 Å². The van der Waals surface area contributed by atoms with Gasteiger partial charge in [0, 0.05) is 22.7 Å². The maximum atomic E-state index is 15.0. The van der Waals surface area contributed by atoms with Crippen molar-refractivity contribution >= 4 is 39.9 Å². The van der Waals surface area contributed by atoms with E-state index in [-0.39, 0.29) is 17.5 Å². The predicted octanol–water partition coefficient (Wildman–Crippen LogP) is 3.44. The molecule has 0 saturated heterocycles. The average molecular weight is 388 g/mol. The van der Waals surface area contributed by atoms with Crippen LogP contribution in [0.2, 0.25) is 5.02 Å². The number of nitrogens with two attached hydrogens (primary N) is 1. The van der Waals surface area contributed by atoms with Crippen LogP contribution in [-0.4, -0.2) is 22.8 Å². The lowest BCUT2D eigenvalue weighted by atomic mass is 9.87. The Morgan fingerprint density at radius 2 is 2.19 bits per heavy atom. The maximum Gasteiger partial charge on any atom is 0.296 e.